The third-order valence-electron chi connectivity index (χ3n) is 4.57. The van der Waals surface area contributed by atoms with Gasteiger partial charge in [0.2, 0.25) is 0 Å². The van der Waals surface area contributed by atoms with Crippen LogP contribution in [0.4, 0.5) is 0 Å². The highest BCUT2D eigenvalue weighted by Crippen LogP contribution is 2.37. The lowest BCUT2D eigenvalue weighted by molar-refractivity contribution is 0.419. The third kappa shape index (κ3) is 2.25. The van der Waals surface area contributed by atoms with Gasteiger partial charge in [-0.1, -0.05) is 30.7 Å². The van der Waals surface area contributed by atoms with E-state index in [2.05, 4.69) is 41.7 Å². The highest BCUT2D eigenvalue weighted by molar-refractivity contribution is 5.36. The highest BCUT2D eigenvalue weighted by atomic mass is 15.3. The minimum absolute atomic E-state index is 0.00345. The lowest BCUT2D eigenvalue weighted by Crippen LogP contribution is -2.29. The standard InChI is InChI=1S/C16H22N4/c1-11-15(10-18-20(11)2)16(19-17)14-8-4-7-13(9-14)12-5-3-6-12/h4,7-10,12,16,19H,3,5-6,17H2,1-2H3. The van der Waals surface area contributed by atoms with Gasteiger partial charge in [0, 0.05) is 18.3 Å². The molecule has 3 N–H and O–H groups in total. The van der Waals surface area contributed by atoms with Crippen molar-refractivity contribution in [2.45, 2.75) is 38.1 Å². The Balaban J connectivity index is 1.94. The molecule has 0 aliphatic heterocycles. The Morgan fingerprint density at radius 2 is 2.20 bits per heavy atom. The van der Waals surface area contributed by atoms with Crippen molar-refractivity contribution in [3.05, 3.63) is 52.8 Å². The third-order valence-corrected chi connectivity index (χ3v) is 4.57. The van der Waals surface area contributed by atoms with Gasteiger partial charge in [0.05, 0.1) is 12.2 Å². The molecule has 1 aliphatic carbocycles. The number of rotatable bonds is 4. The number of aryl methyl sites for hydroxylation is 1. The van der Waals surface area contributed by atoms with Gasteiger partial charge in [0.1, 0.15) is 0 Å². The molecule has 0 amide bonds. The summed E-state index contributed by atoms with van der Waals surface area (Å²) in [7, 11) is 1.96. The first-order valence-electron chi connectivity index (χ1n) is 7.25. The van der Waals surface area contributed by atoms with Gasteiger partial charge in [-0.15, -0.1) is 0 Å². The molecule has 1 unspecified atom stereocenters. The van der Waals surface area contributed by atoms with Crippen molar-refractivity contribution in [2.24, 2.45) is 12.9 Å². The molecule has 20 heavy (non-hydrogen) atoms. The first-order chi connectivity index (χ1) is 9.70. The van der Waals surface area contributed by atoms with Crippen molar-refractivity contribution in [3.63, 3.8) is 0 Å². The van der Waals surface area contributed by atoms with E-state index in [0.29, 0.717) is 0 Å². The highest BCUT2D eigenvalue weighted by Gasteiger charge is 2.22. The maximum absolute atomic E-state index is 5.80. The number of hydrogen-bond acceptors (Lipinski definition) is 3. The van der Waals surface area contributed by atoms with Crippen molar-refractivity contribution < 1.29 is 0 Å². The van der Waals surface area contributed by atoms with Gasteiger partial charge in [-0.25, -0.2) is 5.43 Å². The molecular formula is C16H22N4. The fourth-order valence-corrected chi connectivity index (χ4v) is 2.90. The predicted octanol–water partition coefficient (Wildman–Crippen LogP) is 2.55. The quantitative estimate of drug-likeness (QED) is 0.663. The van der Waals surface area contributed by atoms with Gasteiger partial charge in [-0.05, 0) is 36.8 Å². The molecule has 1 aromatic heterocycles. The summed E-state index contributed by atoms with van der Waals surface area (Å²) in [5.41, 5.74) is 7.87. The van der Waals surface area contributed by atoms with Crippen molar-refractivity contribution in [3.8, 4) is 0 Å². The van der Waals surface area contributed by atoms with E-state index in [1.807, 2.05) is 17.9 Å². The molecule has 3 rings (SSSR count). The summed E-state index contributed by atoms with van der Waals surface area (Å²) in [6.07, 6.45) is 5.89. The number of hydrazine groups is 1. The summed E-state index contributed by atoms with van der Waals surface area (Å²) in [6, 6.07) is 8.80. The van der Waals surface area contributed by atoms with Gasteiger partial charge >= 0.3 is 0 Å². The van der Waals surface area contributed by atoms with Crippen LogP contribution in [-0.4, -0.2) is 9.78 Å². The van der Waals surface area contributed by atoms with E-state index < -0.39 is 0 Å². The van der Waals surface area contributed by atoms with Crippen molar-refractivity contribution in [2.75, 3.05) is 0 Å². The minimum atomic E-state index is 0.00345. The molecule has 0 radical (unpaired) electrons. The average molecular weight is 270 g/mol. The van der Waals surface area contributed by atoms with Gasteiger partial charge in [-0.2, -0.15) is 5.10 Å². The van der Waals surface area contributed by atoms with Crippen molar-refractivity contribution in [1.29, 1.82) is 0 Å². The molecule has 2 aromatic rings. The van der Waals surface area contributed by atoms with Crippen LogP contribution in [-0.2, 0) is 7.05 Å². The Morgan fingerprint density at radius 1 is 1.40 bits per heavy atom. The average Bonchev–Trinajstić information content (AvgIpc) is 2.71. The van der Waals surface area contributed by atoms with Gasteiger partial charge in [0.15, 0.2) is 0 Å². The molecule has 4 heteroatoms. The number of nitrogens with one attached hydrogen (secondary N) is 1. The van der Waals surface area contributed by atoms with Crippen LogP contribution in [0.5, 0.6) is 0 Å². The number of aromatic nitrogens is 2. The van der Waals surface area contributed by atoms with E-state index in [1.165, 1.54) is 30.4 Å². The molecule has 1 atom stereocenters. The topological polar surface area (TPSA) is 55.9 Å². The van der Waals surface area contributed by atoms with Crippen LogP contribution in [0.2, 0.25) is 0 Å². The van der Waals surface area contributed by atoms with E-state index >= 15 is 0 Å². The monoisotopic (exact) mass is 270 g/mol. The predicted molar refractivity (Wildman–Crippen MR) is 80.1 cm³/mol. The first-order valence-corrected chi connectivity index (χ1v) is 7.25. The van der Waals surface area contributed by atoms with Crippen LogP contribution in [0.15, 0.2) is 30.5 Å². The minimum Gasteiger partial charge on any atom is -0.273 e. The van der Waals surface area contributed by atoms with E-state index in [4.69, 9.17) is 5.84 Å². The molecular weight excluding hydrogens is 248 g/mol. The lowest BCUT2D eigenvalue weighted by Gasteiger charge is -2.27. The van der Waals surface area contributed by atoms with Gasteiger partial charge in [0.25, 0.3) is 0 Å². The molecule has 1 aromatic carbocycles. The molecule has 1 saturated carbocycles. The number of nitrogens with zero attached hydrogens (tertiary/aromatic N) is 2. The Labute approximate surface area is 120 Å². The molecule has 4 nitrogen and oxygen atoms in total. The summed E-state index contributed by atoms with van der Waals surface area (Å²) in [5.74, 6) is 6.54. The van der Waals surface area contributed by atoms with Crippen LogP contribution >= 0.6 is 0 Å². The molecule has 0 spiro atoms. The van der Waals surface area contributed by atoms with Crippen LogP contribution in [0, 0.1) is 6.92 Å². The lowest BCUT2D eigenvalue weighted by atomic mass is 9.79. The summed E-state index contributed by atoms with van der Waals surface area (Å²) < 4.78 is 1.88. The second-order valence-corrected chi connectivity index (χ2v) is 5.71. The largest absolute Gasteiger partial charge is 0.273 e. The Morgan fingerprint density at radius 3 is 2.75 bits per heavy atom. The van der Waals surface area contributed by atoms with Gasteiger partial charge in [-0.3, -0.25) is 10.5 Å². The zero-order valence-corrected chi connectivity index (χ0v) is 12.1. The molecule has 1 fully saturated rings. The second-order valence-electron chi connectivity index (χ2n) is 5.71. The fraction of sp³-hybridized carbons (Fsp3) is 0.438. The van der Waals surface area contributed by atoms with Crippen molar-refractivity contribution >= 4 is 0 Å². The van der Waals surface area contributed by atoms with Gasteiger partial charge < -0.3 is 0 Å². The van der Waals surface area contributed by atoms with Crippen LogP contribution in [0.3, 0.4) is 0 Å². The maximum atomic E-state index is 5.80. The fourth-order valence-electron chi connectivity index (χ4n) is 2.90. The summed E-state index contributed by atoms with van der Waals surface area (Å²) in [4.78, 5) is 0. The van der Waals surface area contributed by atoms with Crippen LogP contribution in [0.25, 0.3) is 0 Å². The Hall–Kier alpha value is -1.65. The zero-order chi connectivity index (χ0) is 14.1. The molecule has 106 valence electrons. The number of benzene rings is 1. The summed E-state index contributed by atoms with van der Waals surface area (Å²) in [5, 5.41) is 4.32. The Bertz CT molecular complexity index is 598. The van der Waals surface area contributed by atoms with Crippen LogP contribution < -0.4 is 11.3 Å². The number of nitrogens with two attached hydrogens (primary N) is 1. The number of hydrogen-bond donors (Lipinski definition) is 2. The van der Waals surface area contributed by atoms with Crippen molar-refractivity contribution in [1.82, 2.24) is 15.2 Å². The molecule has 0 saturated heterocycles. The summed E-state index contributed by atoms with van der Waals surface area (Å²) >= 11 is 0. The maximum Gasteiger partial charge on any atom is 0.0743 e. The zero-order valence-electron chi connectivity index (χ0n) is 12.1. The Kier molecular flexibility index (Phi) is 3.59. The first kappa shape index (κ1) is 13.3. The summed E-state index contributed by atoms with van der Waals surface area (Å²) in [6.45, 7) is 2.07. The molecule has 0 bridgehead atoms. The van der Waals surface area contributed by atoms with E-state index in [-0.39, 0.29) is 6.04 Å². The SMILES string of the molecule is Cc1c(C(NN)c2cccc(C3CCC3)c2)cnn1C. The smallest absolute Gasteiger partial charge is 0.0743 e. The van der Waals surface area contributed by atoms with E-state index in [9.17, 15) is 0 Å². The second kappa shape index (κ2) is 5.38. The molecule has 1 heterocycles. The molecule has 1 aliphatic rings. The van der Waals surface area contributed by atoms with Crippen LogP contribution in [0.1, 0.15) is 53.6 Å². The normalized spacial score (nSPS) is 16.9. The van der Waals surface area contributed by atoms with E-state index in [0.717, 1.165) is 17.2 Å². The van der Waals surface area contributed by atoms with E-state index in [1.54, 1.807) is 0 Å².